The average Bonchev–Trinajstić information content (AvgIpc) is 2.35. The minimum absolute atomic E-state index is 0.0562. The Bertz CT molecular complexity index is 424. The Labute approximate surface area is 117 Å². The third-order valence-corrected chi connectivity index (χ3v) is 8.33. The highest BCUT2D eigenvalue weighted by Crippen LogP contribution is 2.36. The molecule has 0 saturated heterocycles. The predicted molar refractivity (Wildman–Crippen MR) is 81.9 cm³/mol. The molecule has 4 heteroatoms. The Balaban J connectivity index is 2.62. The van der Waals surface area contributed by atoms with Gasteiger partial charge in [-0.2, -0.15) is 0 Å². The molecule has 1 aromatic rings. The molecule has 0 amide bonds. The highest BCUT2D eigenvalue weighted by molar-refractivity contribution is 6.74. The van der Waals surface area contributed by atoms with E-state index in [-0.39, 0.29) is 10.8 Å². The van der Waals surface area contributed by atoms with Crippen molar-refractivity contribution in [2.75, 3.05) is 6.61 Å². The van der Waals surface area contributed by atoms with Crippen molar-refractivity contribution < 1.29 is 9.22 Å². The van der Waals surface area contributed by atoms with Crippen molar-refractivity contribution >= 4 is 14.1 Å². The monoisotopic (exact) mass is 279 g/mol. The van der Waals surface area contributed by atoms with E-state index in [2.05, 4.69) is 33.9 Å². The summed E-state index contributed by atoms with van der Waals surface area (Å²) in [5, 5.41) is 0.127. The fourth-order valence-corrected chi connectivity index (χ4v) is 2.44. The first kappa shape index (κ1) is 16.1. The molecule has 1 aromatic carbocycles. The second-order valence-corrected chi connectivity index (χ2v) is 11.2. The molecule has 0 heterocycles. The molecule has 3 nitrogen and oxygen atoms in total. The maximum Gasteiger partial charge on any atom is 0.192 e. The Kier molecular flexibility index (Phi) is 5.07. The SMILES string of the molecule is CC(C)(C)[Si](C)(C)OC[C@H](N)C(=O)c1ccccc1. The molecule has 0 bridgehead atoms. The number of hydrogen-bond donors (Lipinski definition) is 1. The molecule has 19 heavy (non-hydrogen) atoms. The molecule has 0 saturated carbocycles. The summed E-state index contributed by atoms with van der Waals surface area (Å²) in [7, 11) is -1.85. The van der Waals surface area contributed by atoms with Gasteiger partial charge < -0.3 is 10.2 Å². The molecule has 0 spiro atoms. The number of carbonyl (C=O) groups is 1. The Morgan fingerprint density at radius 2 is 1.79 bits per heavy atom. The van der Waals surface area contributed by atoms with E-state index < -0.39 is 14.4 Å². The van der Waals surface area contributed by atoms with Crippen LogP contribution in [-0.4, -0.2) is 26.7 Å². The fourth-order valence-electron chi connectivity index (χ4n) is 1.41. The smallest absolute Gasteiger partial charge is 0.192 e. The van der Waals surface area contributed by atoms with Crippen molar-refractivity contribution in [2.24, 2.45) is 5.73 Å². The standard InChI is InChI=1S/C15H25NO2Si/c1-15(2,3)19(4,5)18-11-13(16)14(17)12-9-7-6-8-10-12/h6-10,13H,11,16H2,1-5H3/t13-/m0/s1. The van der Waals surface area contributed by atoms with Crippen LogP contribution in [0.2, 0.25) is 18.1 Å². The number of rotatable bonds is 5. The van der Waals surface area contributed by atoms with Crippen molar-refractivity contribution in [3.63, 3.8) is 0 Å². The van der Waals surface area contributed by atoms with Gasteiger partial charge in [-0.05, 0) is 18.1 Å². The van der Waals surface area contributed by atoms with Gasteiger partial charge in [0.25, 0.3) is 0 Å². The highest BCUT2D eigenvalue weighted by atomic mass is 28.4. The molecule has 0 aliphatic carbocycles. The van der Waals surface area contributed by atoms with Crippen molar-refractivity contribution in [3.8, 4) is 0 Å². The topological polar surface area (TPSA) is 52.3 Å². The Morgan fingerprint density at radius 1 is 1.26 bits per heavy atom. The minimum Gasteiger partial charge on any atom is -0.415 e. The maximum atomic E-state index is 12.1. The van der Waals surface area contributed by atoms with E-state index in [0.29, 0.717) is 12.2 Å². The molecular formula is C15H25NO2Si. The van der Waals surface area contributed by atoms with Crippen LogP contribution in [0, 0.1) is 0 Å². The summed E-state index contributed by atoms with van der Waals surface area (Å²) in [5.74, 6) is -0.0562. The molecule has 2 N–H and O–H groups in total. The summed E-state index contributed by atoms with van der Waals surface area (Å²) in [6, 6.07) is 8.55. The zero-order chi connectivity index (χ0) is 14.7. The van der Waals surface area contributed by atoms with Crippen LogP contribution in [0.1, 0.15) is 31.1 Å². The van der Waals surface area contributed by atoms with Crippen LogP contribution in [0.25, 0.3) is 0 Å². The second kappa shape index (κ2) is 5.99. The second-order valence-electron chi connectivity index (χ2n) is 6.41. The predicted octanol–water partition coefficient (Wildman–Crippen LogP) is 3.22. The molecule has 106 valence electrons. The summed E-state index contributed by atoms with van der Waals surface area (Å²) in [6.45, 7) is 11.1. The molecule has 0 aliphatic rings. The lowest BCUT2D eigenvalue weighted by Gasteiger charge is -2.36. The maximum absolute atomic E-state index is 12.1. The van der Waals surface area contributed by atoms with Gasteiger partial charge in [0, 0.05) is 5.56 Å². The van der Waals surface area contributed by atoms with E-state index in [1.807, 2.05) is 18.2 Å². The van der Waals surface area contributed by atoms with Gasteiger partial charge in [-0.25, -0.2) is 0 Å². The lowest BCUT2D eigenvalue weighted by molar-refractivity contribution is 0.0928. The first-order valence-corrected chi connectivity index (χ1v) is 9.55. The number of carbonyl (C=O) groups excluding carboxylic acids is 1. The lowest BCUT2D eigenvalue weighted by atomic mass is 10.1. The van der Waals surface area contributed by atoms with E-state index in [9.17, 15) is 4.79 Å². The first-order valence-electron chi connectivity index (χ1n) is 6.64. The summed E-state index contributed by atoms with van der Waals surface area (Å²) in [5.41, 5.74) is 6.59. The van der Waals surface area contributed by atoms with Crippen molar-refractivity contribution in [1.82, 2.24) is 0 Å². The van der Waals surface area contributed by atoms with Crippen molar-refractivity contribution in [1.29, 1.82) is 0 Å². The average molecular weight is 279 g/mol. The van der Waals surface area contributed by atoms with Gasteiger partial charge in [0.2, 0.25) is 0 Å². The van der Waals surface area contributed by atoms with E-state index in [1.165, 1.54) is 0 Å². The zero-order valence-electron chi connectivity index (χ0n) is 12.6. The van der Waals surface area contributed by atoms with Gasteiger partial charge in [0.15, 0.2) is 14.1 Å². The fraction of sp³-hybridized carbons (Fsp3) is 0.533. The van der Waals surface area contributed by atoms with Crippen LogP contribution < -0.4 is 5.73 Å². The van der Waals surface area contributed by atoms with Gasteiger partial charge >= 0.3 is 0 Å². The van der Waals surface area contributed by atoms with Crippen LogP contribution in [0.3, 0.4) is 0 Å². The van der Waals surface area contributed by atoms with Crippen molar-refractivity contribution in [2.45, 2.75) is 44.9 Å². The molecule has 1 atom stereocenters. The van der Waals surface area contributed by atoms with Crippen LogP contribution in [0.4, 0.5) is 0 Å². The number of ketones is 1. The van der Waals surface area contributed by atoms with Gasteiger partial charge in [-0.15, -0.1) is 0 Å². The molecule has 0 fully saturated rings. The number of hydrogen-bond acceptors (Lipinski definition) is 3. The minimum atomic E-state index is -1.85. The van der Waals surface area contributed by atoms with E-state index in [4.69, 9.17) is 10.2 Å². The van der Waals surface area contributed by atoms with Crippen LogP contribution in [-0.2, 0) is 4.43 Å². The van der Waals surface area contributed by atoms with Gasteiger partial charge in [0.1, 0.15) is 0 Å². The number of benzene rings is 1. The molecular weight excluding hydrogens is 254 g/mol. The molecule has 0 radical (unpaired) electrons. The van der Waals surface area contributed by atoms with Crippen LogP contribution in [0.15, 0.2) is 30.3 Å². The largest absolute Gasteiger partial charge is 0.415 e. The summed E-state index contributed by atoms with van der Waals surface area (Å²) in [6.07, 6.45) is 0. The molecule has 0 aliphatic heterocycles. The van der Waals surface area contributed by atoms with Gasteiger partial charge in [0.05, 0.1) is 12.6 Å². The summed E-state index contributed by atoms with van der Waals surface area (Å²) in [4.78, 5) is 12.1. The summed E-state index contributed by atoms with van der Waals surface area (Å²) >= 11 is 0. The normalized spacial score (nSPS) is 14.2. The van der Waals surface area contributed by atoms with Gasteiger partial charge in [-0.3, -0.25) is 4.79 Å². The quantitative estimate of drug-likeness (QED) is 0.665. The summed E-state index contributed by atoms with van der Waals surface area (Å²) < 4.78 is 5.99. The third kappa shape index (κ3) is 4.26. The van der Waals surface area contributed by atoms with Crippen LogP contribution in [0.5, 0.6) is 0 Å². The third-order valence-electron chi connectivity index (χ3n) is 3.82. The van der Waals surface area contributed by atoms with E-state index >= 15 is 0 Å². The lowest BCUT2D eigenvalue weighted by Crippen LogP contribution is -2.46. The molecule has 1 rings (SSSR count). The molecule has 0 unspecified atom stereocenters. The van der Waals surface area contributed by atoms with Gasteiger partial charge in [-0.1, -0.05) is 51.1 Å². The van der Waals surface area contributed by atoms with E-state index in [0.717, 1.165) is 0 Å². The first-order chi connectivity index (χ1) is 8.65. The Hall–Kier alpha value is -0.973. The Morgan fingerprint density at radius 3 is 2.26 bits per heavy atom. The number of nitrogens with two attached hydrogens (primary N) is 1. The zero-order valence-corrected chi connectivity index (χ0v) is 13.6. The van der Waals surface area contributed by atoms with Crippen LogP contribution >= 0.6 is 0 Å². The number of Topliss-reactive ketones (excluding diaryl/α,β-unsaturated/α-hetero) is 1. The van der Waals surface area contributed by atoms with E-state index in [1.54, 1.807) is 12.1 Å². The molecule has 0 aromatic heterocycles. The highest BCUT2D eigenvalue weighted by Gasteiger charge is 2.37. The van der Waals surface area contributed by atoms with Crippen molar-refractivity contribution in [3.05, 3.63) is 35.9 Å².